The van der Waals surface area contributed by atoms with Crippen LogP contribution in [0.5, 0.6) is 0 Å². The average molecular weight is 264 g/mol. The van der Waals surface area contributed by atoms with Gasteiger partial charge in [-0.3, -0.25) is 4.68 Å². The fraction of sp³-hybridized carbons (Fsp3) is 0.357. The van der Waals surface area contributed by atoms with Gasteiger partial charge in [0.1, 0.15) is 0 Å². The van der Waals surface area contributed by atoms with Crippen LogP contribution in [0.1, 0.15) is 29.9 Å². The molecule has 0 unspecified atom stereocenters. The first-order valence-electron chi connectivity index (χ1n) is 6.04. The van der Waals surface area contributed by atoms with Crippen molar-refractivity contribution in [2.45, 2.75) is 26.4 Å². The highest BCUT2D eigenvalue weighted by atomic mass is 35.5. The smallest absolute Gasteiger partial charge is 0.0597 e. The average Bonchev–Trinajstić information content (AvgIpc) is 2.65. The maximum Gasteiger partial charge on any atom is 0.0597 e. The van der Waals surface area contributed by atoms with Gasteiger partial charge in [-0.2, -0.15) is 5.10 Å². The van der Waals surface area contributed by atoms with E-state index in [2.05, 4.69) is 29.5 Å². The third-order valence-corrected chi connectivity index (χ3v) is 3.27. The van der Waals surface area contributed by atoms with Gasteiger partial charge in [0, 0.05) is 24.7 Å². The molecule has 1 heterocycles. The number of nitrogens with zero attached hydrogens (tertiary/aromatic N) is 2. The van der Waals surface area contributed by atoms with E-state index in [1.165, 1.54) is 11.3 Å². The third kappa shape index (κ3) is 3.12. The molecule has 96 valence electrons. The molecule has 0 spiro atoms. The van der Waals surface area contributed by atoms with Crippen LogP contribution in [-0.2, 0) is 13.6 Å². The Morgan fingerprint density at radius 3 is 2.78 bits per heavy atom. The Morgan fingerprint density at radius 2 is 2.17 bits per heavy atom. The van der Waals surface area contributed by atoms with Crippen LogP contribution in [-0.4, -0.2) is 9.78 Å². The van der Waals surface area contributed by atoms with Gasteiger partial charge in [0.05, 0.1) is 11.4 Å². The Bertz CT molecular complexity index is 534. The van der Waals surface area contributed by atoms with E-state index < -0.39 is 0 Å². The summed E-state index contributed by atoms with van der Waals surface area (Å²) in [6.07, 6.45) is 0. The molecule has 3 nitrogen and oxygen atoms in total. The number of nitrogens with one attached hydrogen (secondary N) is 1. The fourth-order valence-corrected chi connectivity index (χ4v) is 2.18. The highest BCUT2D eigenvalue weighted by Crippen LogP contribution is 2.17. The normalized spacial score (nSPS) is 12.7. The van der Waals surface area contributed by atoms with Crippen LogP contribution < -0.4 is 5.32 Å². The van der Waals surface area contributed by atoms with Crippen molar-refractivity contribution < 1.29 is 0 Å². The topological polar surface area (TPSA) is 29.9 Å². The monoisotopic (exact) mass is 263 g/mol. The first-order valence-corrected chi connectivity index (χ1v) is 6.42. The SMILES string of the molecule is Cc1cc(CN[C@@H](C)c2cccc(Cl)c2)n(C)n1. The lowest BCUT2D eigenvalue weighted by Crippen LogP contribution is -2.19. The van der Waals surface area contributed by atoms with E-state index in [0.717, 1.165) is 17.3 Å². The molecule has 2 aromatic rings. The van der Waals surface area contributed by atoms with Crippen LogP contribution in [0.2, 0.25) is 5.02 Å². The van der Waals surface area contributed by atoms with Crippen molar-refractivity contribution in [2.24, 2.45) is 7.05 Å². The zero-order valence-corrected chi connectivity index (χ0v) is 11.7. The molecule has 0 saturated heterocycles. The predicted octanol–water partition coefficient (Wildman–Crippen LogP) is 3.23. The molecule has 4 heteroatoms. The van der Waals surface area contributed by atoms with E-state index in [0.29, 0.717) is 0 Å². The minimum atomic E-state index is 0.263. The Hall–Kier alpha value is -1.32. The molecule has 2 rings (SSSR count). The Balaban J connectivity index is 2.00. The molecule has 0 amide bonds. The van der Waals surface area contributed by atoms with E-state index >= 15 is 0 Å². The number of hydrogen-bond acceptors (Lipinski definition) is 2. The van der Waals surface area contributed by atoms with Crippen LogP contribution in [0.15, 0.2) is 30.3 Å². The maximum atomic E-state index is 5.99. The molecule has 1 aromatic carbocycles. The largest absolute Gasteiger partial charge is 0.305 e. The summed E-state index contributed by atoms with van der Waals surface area (Å²) in [6, 6.07) is 10.3. The van der Waals surface area contributed by atoms with Crippen molar-refractivity contribution in [3.8, 4) is 0 Å². The summed E-state index contributed by atoms with van der Waals surface area (Å²) in [5.41, 5.74) is 3.42. The lowest BCUT2D eigenvalue weighted by Gasteiger charge is -2.14. The molecule has 18 heavy (non-hydrogen) atoms. The van der Waals surface area contributed by atoms with Gasteiger partial charge >= 0.3 is 0 Å². The molecule has 1 aromatic heterocycles. The number of benzene rings is 1. The Labute approximate surface area is 113 Å². The van der Waals surface area contributed by atoms with Crippen LogP contribution in [0, 0.1) is 6.92 Å². The molecular weight excluding hydrogens is 246 g/mol. The lowest BCUT2D eigenvalue weighted by molar-refractivity contribution is 0.548. The van der Waals surface area contributed by atoms with Crippen molar-refractivity contribution >= 4 is 11.6 Å². The highest BCUT2D eigenvalue weighted by Gasteiger charge is 2.07. The first-order chi connectivity index (χ1) is 8.56. The quantitative estimate of drug-likeness (QED) is 0.918. The summed E-state index contributed by atoms with van der Waals surface area (Å²) in [5.74, 6) is 0. The summed E-state index contributed by atoms with van der Waals surface area (Å²) >= 11 is 5.99. The van der Waals surface area contributed by atoms with Crippen molar-refractivity contribution in [1.29, 1.82) is 0 Å². The summed E-state index contributed by atoms with van der Waals surface area (Å²) in [6.45, 7) is 4.93. The summed E-state index contributed by atoms with van der Waals surface area (Å²) in [4.78, 5) is 0. The summed E-state index contributed by atoms with van der Waals surface area (Å²) in [5, 5.41) is 8.58. The molecule has 1 atom stereocenters. The fourth-order valence-electron chi connectivity index (χ4n) is 1.98. The molecule has 0 aliphatic heterocycles. The minimum absolute atomic E-state index is 0.263. The van der Waals surface area contributed by atoms with Gasteiger partial charge in [-0.1, -0.05) is 23.7 Å². The number of hydrogen-bond donors (Lipinski definition) is 1. The van der Waals surface area contributed by atoms with Crippen molar-refractivity contribution in [3.05, 3.63) is 52.3 Å². The third-order valence-electron chi connectivity index (χ3n) is 3.04. The van der Waals surface area contributed by atoms with Crippen LogP contribution in [0.4, 0.5) is 0 Å². The molecule has 0 aliphatic carbocycles. The zero-order valence-electron chi connectivity index (χ0n) is 10.9. The van der Waals surface area contributed by atoms with E-state index in [9.17, 15) is 0 Å². The van der Waals surface area contributed by atoms with Crippen molar-refractivity contribution in [1.82, 2.24) is 15.1 Å². The van der Waals surface area contributed by atoms with Crippen molar-refractivity contribution in [2.75, 3.05) is 0 Å². The number of aryl methyl sites for hydroxylation is 2. The molecule has 0 aliphatic rings. The molecule has 0 radical (unpaired) electrons. The number of rotatable bonds is 4. The van der Waals surface area contributed by atoms with E-state index in [1.54, 1.807) is 0 Å². The lowest BCUT2D eigenvalue weighted by atomic mass is 10.1. The second-order valence-corrected chi connectivity index (χ2v) is 4.99. The first kappa shape index (κ1) is 13.1. The molecule has 0 bridgehead atoms. The number of aromatic nitrogens is 2. The second kappa shape index (κ2) is 5.55. The number of halogens is 1. The summed E-state index contributed by atoms with van der Waals surface area (Å²) in [7, 11) is 1.97. The van der Waals surface area contributed by atoms with E-state index in [1.807, 2.05) is 36.9 Å². The van der Waals surface area contributed by atoms with Gasteiger partial charge in [0.15, 0.2) is 0 Å². The van der Waals surface area contributed by atoms with Gasteiger partial charge in [0.25, 0.3) is 0 Å². The molecule has 0 saturated carbocycles. The minimum Gasteiger partial charge on any atom is -0.305 e. The van der Waals surface area contributed by atoms with Gasteiger partial charge in [-0.05, 0) is 37.6 Å². The maximum absolute atomic E-state index is 5.99. The Kier molecular flexibility index (Phi) is 4.04. The molecule has 1 N–H and O–H groups in total. The van der Waals surface area contributed by atoms with Gasteiger partial charge < -0.3 is 5.32 Å². The van der Waals surface area contributed by atoms with Gasteiger partial charge in [-0.25, -0.2) is 0 Å². The van der Waals surface area contributed by atoms with E-state index in [4.69, 9.17) is 11.6 Å². The van der Waals surface area contributed by atoms with Gasteiger partial charge in [0.2, 0.25) is 0 Å². The van der Waals surface area contributed by atoms with Crippen LogP contribution >= 0.6 is 11.6 Å². The molecule has 0 fully saturated rings. The van der Waals surface area contributed by atoms with Crippen molar-refractivity contribution in [3.63, 3.8) is 0 Å². The predicted molar refractivity (Wildman–Crippen MR) is 74.7 cm³/mol. The van der Waals surface area contributed by atoms with Crippen LogP contribution in [0.3, 0.4) is 0 Å². The summed E-state index contributed by atoms with van der Waals surface area (Å²) < 4.78 is 1.91. The standard InChI is InChI=1S/C14H18ClN3/c1-10-7-14(18(3)17-10)9-16-11(2)12-5-4-6-13(15)8-12/h4-8,11,16H,9H2,1-3H3/t11-/m0/s1. The Morgan fingerprint density at radius 1 is 1.39 bits per heavy atom. The molecular formula is C14H18ClN3. The van der Waals surface area contributed by atoms with Crippen LogP contribution in [0.25, 0.3) is 0 Å². The van der Waals surface area contributed by atoms with E-state index in [-0.39, 0.29) is 6.04 Å². The van der Waals surface area contributed by atoms with Gasteiger partial charge in [-0.15, -0.1) is 0 Å². The second-order valence-electron chi connectivity index (χ2n) is 4.56. The zero-order chi connectivity index (χ0) is 13.1. The highest BCUT2D eigenvalue weighted by molar-refractivity contribution is 6.30.